The van der Waals surface area contributed by atoms with Crippen LogP contribution in [0.3, 0.4) is 0 Å². The van der Waals surface area contributed by atoms with Crippen LogP contribution < -0.4 is 4.74 Å². The molecule has 0 aliphatic heterocycles. The Kier molecular flexibility index (Phi) is 3.53. The molecule has 3 rings (SSSR count). The van der Waals surface area contributed by atoms with Crippen molar-refractivity contribution >= 4 is 22.7 Å². The Morgan fingerprint density at radius 3 is 2.74 bits per heavy atom. The summed E-state index contributed by atoms with van der Waals surface area (Å²) < 4.78 is 5.72. The van der Waals surface area contributed by atoms with E-state index < -0.39 is 0 Å². The first-order valence-corrected chi connectivity index (χ1v) is 7.61. The number of phenolic OH excluding ortho intramolecular Hbond substituents is 1. The van der Waals surface area contributed by atoms with Gasteiger partial charge in [-0.3, -0.25) is 0 Å². The molecule has 0 aliphatic carbocycles. The molecule has 2 nitrogen and oxygen atoms in total. The smallest absolute Gasteiger partial charge is 0.123 e. The van der Waals surface area contributed by atoms with Crippen LogP contribution in [0.1, 0.15) is 4.88 Å². The van der Waals surface area contributed by atoms with E-state index in [-0.39, 0.29) is 5.75 Å². The summed E-state index contributed by atoms with van der Waals surface area (Å²) in [7, 11) is 0. The van der Waals surface area contributed by atoms with Gasteiger partial charge in [0.1, 0.15) is 18.1 Å². The average Bonchev–Trinajstić information content (AvgIpc) is 3.07. The van der Waals surface area contributed by atoms with Gasteiger partial charge in [-0.05, 0) is 35.0 Å². The predicted molar refractivity (Wildman–Crippen MR) is 80.1 cm³/mol. The van der Waals surface area contributed by atoms with Crippen molar-refractivity contribution in [1.82, 2.24) is 0 Å². The van der Waals surface area contributed by atoms with Crippen LogP contribution in [-0.2, 0) is 6.61 Å². The quantitative estimate of drug-likeness (QED) is 0.750. The van der Waals surface area contributed by atoms with E-state index >= 15 is 0 Å². The first kappa shape index (κ1) is 12.3. The van der Waals surface area contributed by atoms with Crippen LogP contribution in [0, 0.1) is 0 Å². The second-order valence-electron chi connectivity index (χ2n) is 4.02. The molecule has 0 atom stereocenters. The van der Waals surface area contributed by atoms with Gasteiger partial charge in [-0.1, -0.05) is 12.1 Å². The maximum Gasteiger partial charge on any atom is 0.123 e. The lowest BCUT2D eigenvalue weighted by Crippen LogP contribution is -1.93. The third-order valence-electron chi connectivity index (χ3n) is 2.72. The molecule has 0 saturated heterocycles. The standard InChI is InChI=1S/C15H12O2S2/c16-11-3-1-4-12(9-11)17-10-15-13(6-8-19-15)14-5-2-7-18-14/h1-9,16H,10H2. The Hall–Kier alpha value is -1.78. The van der Waals surface area contributed by atoms with E-state index in [4.69, 9.17) is 4.74 Å². The summed E-state index contributed by atoms with van der Waals surface area (Å²) in [6.45, 7) is 0.522. The number of benzene rings is 1. The van der Waals surface area contributed by atoms with Crippen molar-refractivity contribution in [3.63, 3.8) is 0 Å². The Balaban J connectivity index is 1.76. The van der Waals surface area contributed by atoms with Gasteiger partial charge in [-0.2, -0.15) is 0 Å². The molecule has 0 radical (unpaired) electrons. The van der Waals surface area contributed by atoms with Gasteiger partial charge < -0.3 is 9.84 Å². The minimum absolute atomic E-state index is 0.224. The van der Waals surface area contributed by atoms with Crippen LogP contribution in [0.25, 0.3) is 10.4 Å². The Labute approximate surface area is 119 Å². The van der Waals surface area contributed by atoms with Crippen LogP contribution in [0.15, 0.2) is 53.2 Å². The predicted octanol–water partition coefficient (Wildman–Crippen LogP) is 4.76. The normalized spacial score (nSPS) is 10.5. The highest BCUT2D eigenvalue weighted by atomic mass is 32.1. The zero-order valence-corrected chi connectivity index (χ0v) is 11.7. The number of thiophene rings is 2. The zero-order chi connectivity index (χ0) is 13.1. The summed E-state index contributed by atoms with van der Waals surface area (Å²) >= 11 is 3.42. The number of aromatic hydroxyl groups is 1. The number of hydrogen-bond acceptors (Lipinski definition) is 4. The molecule has 2 heterocycles. The molecule has 96 valence electrons. The largest absolute Gasteiger partial charge is 0.508 e. The molecular formula is C15H12O2S2. The molecule has 0 spiro atoms. The van der Waals surface area contributed by atoms with Gasteiger partial charge in [0.05, 0.1) is 4.88 Å². The van der Waals surface area contributed by atoms with Gasteiger partial charge >= 0.3 is 0 Å². The lowest BCUT2D eigenvalue weighted by Gasteiger charge is -2.06. The fraction of sp³-hybridized carbons (Fsp3) is 0.0667. The van der Waals surface area contributed by atoms with Crippen molar-refractivity contribution in [2.24, 2.45) is 0 Å². The van der Waals surface area contributed by atoms with Gasteiger partial charge in [-0.15, -0.1) is 22.7 Å². The molecule has 0 unspecified atom stereocenters. The second kappa shape index (κ2) is 5.47. The zero-order valence-electron chi connectivity index (χ0n) is 10.1. The highest BCUT2D eigenvalue weighted by molar-refractivity contribution is 7.14. The maximum atomic E-state index is 9.40. The fourth-order valence-electron chi connectivity index (χ4n) is 1.83. The van der Waals surface area contributed by atoms with Crippen LogP contribution in [0.4, 0.5) is 0 Å². The van der Waals surface area contributed by atoms with Crippen molar-refractivity contribution in [2.75, 3.05) is 0 Å². The van der Waals surface area contributed by atoms with Gasteiger partial charge in [0.25, 0.3) is 0 Å². The molecule has 3 aromatic rings. The van der Waals surface area contributed by atoms with E-state index in [0.29, 0.717) is 12.4 Å². The number of rotatable bonds is 4. The monoisotopic (exact) mass is 288 g/mol. The van der Waals surface area contributed by atoms with Crippen molar-refractivity contribution in [1.29, 1.82) is 0 Å². The Morgan fingerprint density at radius 1 is 1.00 bits per heavy atom. The molecule has 0 saturated carbocycles. The molecule has 0 bridgehead atoms. The van der Waals surface area contributed by atoms with E-state index in [1.807, 2.05) is 6.07 Å². The van der Waals surface area contributed by atoms with Gasteiger partial charge in [0, 0.05) is 16.5 Å². The molecule has 0 fully saturated rings. The van der Waals surface area contributed by atoms with Crippen LogP contribution in [-0.4, -0.2) is 5.11 Å². The summed E-state index contributed by atoms with van der Waals surface area (Å²) in [6, 6.07) is 13.2. The third-order valence-corrected chi connectivity index (χ3v) is 4.52. The van der Waals surface area contributed by atoms with E-state index in [1.165, 1.54) is 15.3 Å². The fourth-order valence-corrected chi connectivity index (χ4v) is 3.47. The van der Waals surface area contributed by atoms with Crippen molar-refractivity contribution in [3.8, 4) is 21.9 Å². The number of phenols is 1. The molecule has 0 aliphatic rings. The molecular weight excluding hydrogens is 276 g/mol. The molecule has 2 aromatic heterocycles. The highest BCUT2D eigenvalue weighted by Gasteiger charge is 2.08. The molecule has 4 heteroatoms. The summed E-state index contributed by atoms with van der Waals surface area (Å²) in [6.07, 6.45) is 0. The molecule has 1 N–H and O–H groups in total. The van der Waals surface area contributed by atoms with Crippen molar-refractivity contribution in [2.45, 2.75) is 6.61 Å². The lowest BCUT2D eigenvalue weighted by atomic mass is 10.2. The van der Waals surface area contributed by atoms with E-state index in [0.717, 1.165) is 0 Å². The minimum atomic E-state index is 0.224. The number of ether oxygens (including phenoxy) is 1. The van der Waals surface area contributed by atoms with E-state index in [9.17, 15) is 5.11 Å². The first-order valence-electron chi connectivity index (χ1n) is 5.85. The minimum Gasteiger partial charge on any atom is -0.508 e. The van der Waals surface area contributed by atoms with Gasteiger partial charge in [-0.25, -0.2) is 0 Å². The van der Waals surface area contributed by atoms with Crippen LogP contribution >= 0.6 is 22.7 Å². The van der Waals surface area contributed by atoms with Gasteiger partial charge in [0.2, 0.25) is 0 Å². The number of hydrogen-bond donors (Lipinski definition) is 1. The van der Waals surface area contributed by atoms with E-state index in [2.05, 4.69) is 29.0 Å². The van der Waals surface area contributed by atoms with Crippen molar-refractivity contribution in [3.05, 3.63) is 58.1 Å². The summed E-state index contributed by atoms with van der Waals surface area (Å²) in [5.41, 5.74) is 1.24. The molecule has 0 amide bonds. The second-order valence-corrected chi connectivity index (χ2v) is 5.97. The highest BCUT2D eigenvalue weighted by Crippen LogP contribution is 2.32. The Morgan fingerprint density at radius 2 is 1.95 bits per heavy atom. The van der Waals surface area contributed by atoms with Crippen LogP contribution in [0.2, 0.25) is 0 Å². The summed E-state index contributed by atoms with van der Waals surface area (Å²) in [5, 5.41) is 13.6. The third kappa shape index (κ3) is 2.80. The van der Waals surface area contributed by atoms with E-state index in [1.54, 1.807) is 40.9 Å². The van der Waals surface area contributed by atoms with Crippen LogP contribution in [0.5, 0.6) is 11.5 Å². The Bertz CT molecular complexity index is 656. The maximum absolute atomic E-state index is 9.40. The lowest BCUT2D eigenvalue weighted by molar-refractivity contribution is 0.308. The topological polar surface area (TPSA) is 29.5 Å². The summed E-state index contributed by atoms with van der Waals surface area (Å²) in [5.74, 6) is 0.910. The first-order chi connectivity index (χ1) is 9.33. The summed E-state index contributed by atoms with van der Waals surface area (Å²) in [4.78, 5) is 2.46. The molecule has 19 heavy (non-hydrogen) atoms. The van der Waals surface area contributed by atoms with Gasteiger partial charge in [0.15, 0.2) is 0 Å². The average molecular weight is 288 g/mol. The SMILES string of the molecule is Oc1cccc(OCc2sccc2-c2cccs2)c1. The molecule has 1 aromatic carbocycles. The van der Waals surface area contributed by atoms with Crippen molar-refractivity contribution < 1.29 is 9.84 Å².